The van der Waals surface area contributed by atoms with Crippen molar-refractivity contribution in [2.24, 2.45) is 0 Å². The van der Waals surface area contributed by atoms with E-state index >= 15 is 0 Å². The van der Waals surface area contributed by atoms with Crippen molar-refractivity contribution in [1.82, 2.24) is 9.97 Å². The van der Waals surface area contributed by atoms with Gasteiger partial charge in [-0.15, -0.1) is 0 Å². The zero-order chi connectivity index (χ0) is 8.39. The molecule has 0 amide bonds. The molecule has 0 spiro atoms. The summed E-state index contributed by atoms with van der Waals surface area (Å²) >= 11 is 0. The average molecular weight is 159 g/mol. The van der Waals surface area contributed by atoms with Gasteiger partial charge in [-0.05, 0) is 0 Å². The largest absolute Gasteiger partial charge is 0.461 e. The lowest BCUT2D eigenvalue weighted by atomic mass is 10.4. The molecular formula is C8H5N3O. The summed E-state index contributed by atoms with van der Waals surface area (Å²) in [6.45, 7) is 0. The number of fused-ring (bicyclic) bond motifs is 1. The number of furan rings is 1. The van der Waals surface area contributed by atoms with Crippen molar-refractivity contribution < 1.29 is 4.42 Å². The van der Waals surface area contributed by atoms with E-state index in [2.05, 4.69) is 9.97 Å². The SMILES string of the molecule is N#CCc1ncc2occc2n1. The number of hydrogen-bond acceptors (Lipinski definition) is 4. The first-order valence-electron chi connectivity index (χ1n) is 3.46. The third kappa shape index (κ3) is 1.01. The second-order valence-corrected chi connectivity index (χ2v) is 2.29. The number of hydrogen-bond donors (Lipinski definition) is 0. The van der Waals surface area contributed by atoms with Gasteiger partial charge in [-0.25, -0.2) is 9.97 Å². The van der Waals surface area contributed by atoms with Gasteiger partial charge in [0.15, 0.2) is 5.58 Å². The lowest BCUT2D eigenvalue weighted by Crippen LogP contribution is -1.91. The average Bonchev–Trinajstić information content (AvgIpc) is 2.51. The summed E-state index contributed by atoms with van der Waals surface area (Å²) < 4.78 is 5.04. The van der Waals surface area contributed by atoms with Crippen LogP contribution in [0.2, 0.25) is 0 Å². The van der Waals surface area contributed by atoms with Crippen LogP contribution in [-0.4, -0.2) is 9.97 Å². The van der Waals surface area contributed by atoms with Gasteiger partial charge in [0.2, 0.25) is 0 Å². The monoisotopic (exact) mass is 159 g/mol. The fourth-order valence-electron chi connectivity index (χ4n) is 0.960. The van der Waals surface area contributed by atoms with Crippen LogP contribution in [-0.2, 0) is 6.42 Å². The maximum absolute atomic E-state index is 8.39. The van der Waals surface area contributed by atoms with Gasteiger partial charge >= 0.3 is 0 Å². The number of rotatable bonds is 1. The molecular weight excluding hydrogens is 154 g/mol. The highest BCUT2D eigenvalue weighted by molar-refractivity contribution is 5.70. The van der Waals surface area contributed by atoms with Crippen molar-refractivity contribution in [3.63, 3.8) is 0 Å². The van der Waals surface area contributed by atoms with Gasteiger partial charge in [0.05, 0.1) is 25.0 Å². The molecule has 2 aromatic rings. The molecule has 0 atom stereocenters. The molecule has 2 heterocycles. The first-order chi connectivity index (χ1) is 5.90. The van der Waals surface area contributed by atoms with Crippen molar-refractivity contribution >= 4 is 11.1 Å². The summed E-state index contributed by atoms with van der Waals surface area (Å²) in [5.41, 5.74) is 1.40. The van der Waals surface area contributed by atoms with Gasteiger partial charge in [-0.3, -0.25) is 0 Å². The zero-order valence-corrected chi connectivity index (χ0v) is 6.19. The fourth-order valence-corrected chi connectivity index (χ4v) is 0.960. The molecule has 58 valence electrons. The van der Waals surface area contributed by atoms with Crippen LogP contribution in [0.5, 0.6) is 0 Å². The van der Waals surface area contributed by atoms with E-state index in [1.165, 1.54) is 0 Å². The van der Waals surface area contributed by atoms with Crippen LogP contribution < -0.4 is 0 Å². The quantitative estimate of drug-likeness (QED) is 0.628. The van der Waals surface area contributed by atoms with Crippen LogP contribution in [0, 0.1) is 11.3 Å². The van der Waals surface area contributed by atoms with Gasteiger partial charge in [0.1, 0.15) is 11.3 Å². The minimum atomic E-state index is 0.237. The lowest BCUT2D eigenvalue weighted by molar-refractivity contribution is 0.613. The molecule has 0 saturated heterocycles. The number of nitrogens with zero attached hydrogens (tertiary/aromatic N) is 3. The zero-order valence-electron chi connectivity index (χ0n) is 6.19. The molecule has 2 rings (SSSR count). The van der Waals surface area contributed by atoms with Crippen LogP contribution in [0.3, 0.4) is 0 Å². The molecule has 0 aromatic carbocycles. The molecule has 0 unspecified atom stereocenters. The Morgan fingerprint density at radius 2 is 2.50 bits per heavy atom. The Kier molecular flexibility index (Phi) is 1.49. The summed E-state index contributed by atoms with van der Waals surface area (Å²) in [6.07, 6.45) is 3.37. The van der Waals surface area contributed by atoms with Crippen molar-refractivity contribution in [2.45, 2.75) is 6.42 Å². The van der Waals surface area contributed by atoms with Crippen molar-refractivity contribution in [2.75, 3.05) is 0 Å². The van der Waals surface area contributed by atoms with E-state index < -0.39 is 0 Å². The molecule has 0 N–H and O–H groups in total. The number of nitriles is 1. The van der Waals surface area contributed by atoms with Gasteiger partial charge in [0.25, 0.3) is 0 Å². The topological polar surface area (TPSA) is 62.7 Å². The van der Waals surface area contributed by atoms with Crippen LogP contribution in [0.4, 0.5) is 0 Å². The van der Waals surface area contributed by atoms with Crippen molar-refractivity contribution in [3.05, 3.63) is 24.4 Å². The van der Waals surface area contributed by atoms with Gasteiger partial charge < -0.3 is 4.42 Å². The third-order valence-corrected chi connectivity index (χ3v) is 1.49. The summed E-state index contributed by atoms with van der Waals surface area (Å²) in [6, 6.07) is 3.73. The molecule has 4 heteroatoms. The standard InChI is InChI=1S/C8H5N3O/c9-3-1-8-10-5-7-6(11-8)2-4-12-7/h2,4-5H,1H2. The third-order valence-electron chi connectivity index (χ3n) is 1.49. The Morgan fingerprint density at radius 1 is 1.58 bits per heavy atom. The van der Waals surface area contributed by atoms with Gasteiger partial charge in [0, 0.05) is 6.07 Å². The van der Waals surface area contributed by atoms with E-state index in [1.54, 1.807) is 18.5 Å². The van der Waals surface area contributed by atoms with Crippen molar-refractivity contribution in [1.29, 1.82) is 5.26 Å². The first kappa shape index (κ1) is 6.80. The van der Waals surface area contributed by atoms with Gasteiger partial charge in [-0.1, -0.05) is 0 Å². The van der Waals surface area contributed by atoms with Crippen molar-refractivity contribution in [3.8, 4) is 6.07 Å². The van der Waals surface area contributed by atoms with Crippen LogP contribution in [0.15, 0.2) is 22.9 Å². The number of aromatic nitrogens is 2. The molecule has 2 aromatic heterocycles. The summed E-state index contributed by atoms with van der Waals surface area (Å²) in [5.74, 6) is 0.534. The molecule has 0 aliphatic heterocycles. The minimum absolute atomic E-state index is 0.237. The smallest absolute Gasteiger partial charge is 0.170 e. The van der Waals surface area contributed by atoms with E-state index in [0.29, 0.717) is 11.4 Å². The van der Waals surface area contributed by atoms with Crippen LogP contribution in [0.25, 0.3) is 11.1 Å². The minimum Gasteiger partial charge on any atom is -0.461 e. The highest BCUT2D eigenvalue weighted by Gasteiger charge is 2.00. The van der Waals surface area contributed by atoms with E-state index in [1.807, 2.05) is 6.07 Å². The summed E-state index contributed by atoms with van der Waals surface area (Å²) in [4.78, 5) is 8.04. The Labute approximate surface area is 68.5 Å². The van der Waals surface area contributed by atoms with E-state index in [9.17, 15) is 0 Å². The molecule has 0 radical (unpaired) electrons. The highest BCUT2D eigenvalue weighted by Crippen LogP contribution is 2.10. The highest BCUT2D eigenvalue weighted by atomic mass is 16.3. The van der Waals surface area contributed by atoms with Crippen LogP contribution in [0.1, 0.15) is 5.82 Å². The summed E-state index contributed by atoms with van der Waals surface area (Å²) in [7, 11) is 0. The molecule has 12 heavy (non-hydrogen) atoms. The molecule has 0 aliphatic carbocycles. The Morgan fingerprint density at radius 3 is 3.33 bits per heavy atom. The maximum Gasteiger partial charge on any atom is 0.170 e. The molecule has 4 nitrogen and oxygen atoms in total. The first-order valence-corrected chi connectivity index (χ1v) is 3.46. The summed E-state index contributed by atoms with van der Waals surface area (Å²) in [5, 5.41) is 8.39. The second-order valence-electron chi connectivity index (χ2n) is 2.29. The lowest BCUT2D eigenvalue weighted by Gasteiger charge is -1.90. The van der Waals surface area contributed by atoms with Crippen LogP contribution >= 0.6 is 0 Å². The Hall–Kier alpha value is -1.89. The van der Waals surface area contributed by atoms with E-state index in [-0.39, 0.29) is 6.42 Å². The second kappa shape index (κ2) is 2.62. The molecule has 0 saturated carbocycles. The van der Waals surface area contributed by atoms with E-state index in [0.717, 1.165) is 5.52 Å². The fraction of sp³-hybridized carbons (Fsp3) is 0.125. The maximum atomic E-state index is 8.39. The molecule has 0 bridgehead atoms. The predicted molar refractivity (Wildman–Crippen MR) is 41.1 cm³/mol. The molecule has 0 aliphatic rings. The molecule has 0 fully saturated rings. The Bertz CT molecular complexity index is 441. The van der Waals surface area contributed by atoms with Gasteiger partial charge in [-0.2, -0.15) is 5.26 Å². The Balaban J connectivity index is 2.54. The predicted octanol–water partition coefficient (Wildman–Crippen LogP) is 1.29. The normalized spacial score (nSPS) is 9.92. The van der Waals surface area contributed by atoms with E-state index in [4.69, 9.17) is 9.68 Å².